The molecule has 3 aromatic rings. The van der Waals surface area contributed by atoms with E-state index in [0.29, 0.717) is 28.4 Å². The van der Waals surface area contributed by atoms with Crippen LogP contribution in [0.25, 0.3) is 11.0 Å². The summed E-state index contributed by atoms with van der Waals surface area (Å²) in [6, 6.07) is 11.2. The summed E-state index contributed by atoms with van der Waals surface area (Å²) in [5.41, 5.74) is 0.922. The summed E-state index contributed by atoms with van der Waals surface area (Å²) in [6.45, 7) is 2.41. The number of aromatic nitrogens is 3. The molecule has 6 nitrogen and oxygen atoms in total. The maximum Gasteiger partial charge on any atom is 0.285 e. The number of nitrogens with zero attached hydrogens (tertiary/aromatic N) is 3. The Morgan fingerprint density at radius 3 is 2.78 bits per heavy atom. The lowest BCUT2D eigenvalue weighted by atomic mass is 10.3. The lowest BCUT2D eigenvalue weighted by Crippen LogP contribution is -2.15. The average Bonchev–Trinajstić information content (AvgIpc) is 2.98. The first-order chi connectivity index (χ1) is 11.0. The molecule has 0 fully saturated rings. The highest BCUT2D eigenvalue weighted by Crippen LogP contribution is 2.29. The van der Waals surface area contributed by atoms with Gasteiger partial charge in [-0.15, -0.1) is 9.19 Å². The summed E-state index contributed by atoms with van der Waals surface area (Å²) < 4.78 is 32.0. The van der Waals surface area contributed by atoms with Crippen LogP contribution in [0.5, 0.6) is 5.75 Å². The number of fused-ring (bicyclic) bond motifs is 1. The fourth-order valence-electron chi connectivity index (χ4n) is 2.09. The third-order valence-electron chi connectivity index (χ3n) is 3.21. The van der Waals surface area contributed by atoms with Crippen molar-refractivity contribution in [3.8, 4) is 5.75 Å². The second kappa shape index (κ2) is 6.17. The van der Waals surface area contributed by atoms with Crippen molar-refractivity contribution in [2.24, 2.45) is 0 Å². The van der Waals surface area contributed by atoms with Crippen molar-refractivity contribution in [1.29, 1.82) is 0 Å². The van der Waals surface area contributed by atoms with Crippen LogP contribution in [0.3, 0.4) is 0 Å². The Kier molecular flexibility index (Phi) is 4.23. The summed E-state index contributed by atoms with van der Waals surface area (Å²) in [5.74, 6) is 0.332. The van der Waals surface area contributed by atoms with Crippen molar-refractivity contribution in [2.45, 2.75) is 18.2 Å². The van der Waals surface area contributed by atoms with E-state index in [1.165, 1.54) is 18.2 Å². The maximum atomic E-state index is 12.8. The van der Waals surface area contributed by atoms with Gasteiger partial charge in [0, 0.05) is 6.07 Å². The van der Waals surface area contributed by atoms with Crippen LogP contribution in [0.15, 0.2) is 47.4 Å². The van der Waals surface area contributed by atoms with Gasteiger partial charge in [-0.05, 0) is 30.7 Å². The second-order valence-corrected chi connectivity index (χ2v) is 7.04. The first-order valence-corrected chi connectivity index (χ1v) is 8.84. The Labute approximate surface area is 138 Å². The summed E-state index contributed by atoms with van der Waals surface area (Å²) in [6.07, 6.45) is 0.793. The molecular weight excluding hydrogens is 338 g/mol. The minimum atomic E-state index is -3.88. The molecule has 8 heteroatoms. The smallest absolute Gasteiger partial charge is 0.285 e. The van der Waals surface area contributed by atoms with E-state index in [9.17, 15) is 8.42 Å². The van der Waals surface area contributed by atoms with Crippen LogP contribution in [-0.2, 0) is 10.0 Å². The van der Waals surface area contributed by atoms with Gasteiger partial charge in [-0.3, -0.25) is 0 Å². The predicted molar refractivity (Wildman–Crippen MR) is 87.3 cm³/mol. The number of benzene rings is 2. The van der Waals surface area contributed by atoms with E-state index in [4.69, 9.17) is 16.3 Å². The number of para-hydroxylation sites is 1. The van der Waals surface area contributed by atoms with Gasteiger partial charge >= 0.3 is 0 Å². The fraction of sp³-hybridized carbons (Fsp3) is 0.200. The summed E-state index contributed by atoms with van der Waals surface area (Å²) in [7, 11) is -3.88. The van der Waals surface area contributed by atoms with Gasteiger partial charge in [-0.25, -0.2) is 0 Å². The number of halogens is 1. The molecule has 0 N–H and O–H groups in total. The summed E-state index contributed by atoms with van der Waals surface area (Å²) in [4.78, 5) is 0.0451. The average molecular weight is 352 g/mol. The van der Waals surface area contributed by atoms with Crippen molar-refractivity contribution in [3.05, 3.63) is 47.5 Å². The van der Waals surface area contributed by atoms with Crippen LogP contribution in [0.2, 0.25) is 5.02 Å². The zero-order valence-corrected chi connectivity index (χ0v) is 13.9. The van der Waals surface area contributed by atoms with Crippen molar-refractivity contribution < 1.29 is 13.2 Å². The molecule has 0 aliphatic carbocycles. The quantitative estimate of drug-likeness (QED) is 0.706. The first-order valence-electron chi connectivity index (χ1n) is 7.02. The highest BCUT2D eigenvalue weighted by Gasteiger charge is 2.22. The molecule has 0 amide bonds. The fourth-order valence-corrected chi connectivity index (χ4v) is 3.51. The maximum absolute atomic E-state index is 12.8. The zero-order chi connectivity index (χ0) is 16.4. The lowest BCUT2D eigenvalue weighted by molar-refractivity contribution is 0.317. The van der Waals surface area contributed by atoms with E-state index < -0.39 is 10.0 Å². The monoisotopic (exact) mass is 351 g/mol. The highest BCUT2D eigenvalue weighted by molar-refractivity contribution is 7.90. The SMILES string of the molecule is CCCOc1cc(S(=O)(=O)n2nnc3ccccc32)ccc1Cl. The molecular formula is C15H14ClN3O3S. The van der Waals surface area contributed by atoms with Gasteiger partial charge in [0.25, 0.3) is 10.0 Å². The zero-order valence-electron chi connectivity index (χ0n) is 12.3. The lowest BCUT2D eigenvalue weighted by Gasteiger charge is -2.10. The van der Waals surface area contributed by atoms with Gasteiger partial charge in [0.05, 0.1) is 16.5 Å². The van der Waals surface area contributed by atoms with Crippen LogP contribution < -0.4 is 4.74 Å². The highest BCUT2D eigenvalue weighted by atomic mass is 35.5. The van der Waals surface area contributed by atoms with E-state index in [0.717, 1.165) is 10.5 Å². The van der Waals surface area contributed by atoms with Crippen LogP contribution in [0.4, 0.5) is 0 Å². The molecule has 0 radical (unpaired) electrons. The molecule has 1 aromatic heterocycles. The molecule has 0 aliphatic heterocycles. The third kappa shape index (κ3) is 2.89. The van der Waals surface area contributed by atoms with Crippen LogP contribution in [0.1, 0.15) is 13.3 Å². The summed E-state index contributed by atoms with van der Waals surface area (Å²) in [5, 5.41) is 8.00. The molecule has 0 saturated heterocycles. The minimum Gasteiger partial charge on any atom is -0.492 e. The topological polar surface area (TPSA) is 74.1 Å². The molecule has 0 atom stereocenters. The molecule has 0 unspecified atom stereocenters. The Morgan fingerprint density at radius 2 is 2.00 bits per heavy atom. The first kappa shape index (κ1) is 15.8. The number of rotatable bonds is 5. The van der Waals surface area contributed by atoms with Gasteiger partial charge < -0.3 is 4.74 Å². The van der Waals surface area contributed by atoms with E-state index in [-0.39, 0.29) is 4.90 Å². The normalized spacial score (nSPS) is 11.7. The minimum absolute atomic E-state index is 0.0451. The van der Waals surface area contributed by atoms with Crippen molar-refractivity contribution >= 4 is 32.7 Å². The Bertz CT molecular complexity index is 954. The summed E-state index contributed by atoms with van der Waals surface area (Å²) >= 11 is 6.05. The molecule has 0 spiro atoms. The third-order valence-corrected chi connectivity index (χ3v) is 5.10. The molecule has 1 heterocycles. The van der Waals surface area contributed by atoms with Crippen molar-refractivity contribution in [1.82, 2.24) is 14.4 Å². The molecule has 120 valence electrons. The number of hydrogen-bond acceptors (Lipinski definition) is 5. The van der Waals surface area contributed by atoms with Gasteiger partial charge in [0.1, 0.15) is 16.8 Å². The molecule has 23 heavy (non-hydrogen) atoms. The number of hydrogen-bond donors (Lipinski definition) is 0. The second-order valence-electron chi connectivity index (χ2n) is 4.87. The van der Waals surface area contributed by atoms with Crippen LogP contribution in [0, 0.1) is 0 Å². The largest absolute Gasteiger partial charge is 0.492 e. The Balaban J connectivity index is 2.09. The molecule has 0 aliphatic rings. The Morgan fingerprint density at radius 1 is 1.22 bits per heavy atom. The van der Waals surface area contributed by atoms with Crippen molar-refractivity contribution in [3.63, 3.8) is 0 Å². The molecule has 0 bridgehead atoms. The number of ether oxygens (including phenoxy) is 1. The van der Waals surface area contributed by atoms with Crippen molar-refractivity contribution in [2.75, 3.05) is 6.61 Å². The molecule has 0 saturated carbocycles. The van der Waals surface area contributed by atoms with Crippen LogP contribution >= 0.6 is 11.6 Å². The van der Waals surface area contributed by atoms with Crippen LogP contribution in [-0.4, -0.2) is 29.4 Å². The predicted octanol–water partition coefficient (Wildman–Crippen LogP) is 3.11. The standard InChI is InChI=1S/C15H14ClN3O3S/c1-2-9-22-15-10-11(7-8-12(15)16)23(20,21)19-14-6-4-3-5-13(14)17-18-19/h3-8,10H,2,9H2,1H3. The van der Waals surface area contributed by atoms with E-state index in [2.05, 4.69) is 10.3 Å². The van der Waals surface area contributed by atoms with Gasteiger partial charge in [0.15, 0.2) is 0 Å². The Hall–Kier alpha value is -2.12. The van der Waals surface area contributed by atoms with E-state index >= 15 is 0 Å². The van der Waals surface area contributed by atoms with E-state index in [1.807, 2.05) is 6.92 Å². The van der Waals surface area contributed by atoms with E-state index in [1.54, 1.807) is 24.3 Å². The van der Waals surface area contributed by atoms with Gasteiger partial charge in [-0.2, -0.15) is 8.42 Å². The van der Waals surface area contributed by atoms with Gasteiger partial charge in [0.2, 0.25) is 0 Å². The molecule has 3 rings (SSSR count). The molecule has 2 aromatic carbocycles. The van der Waals surface area contributed by atoms with Gasteiger partial charge in [-0.1, -0.05) is 35.9 Å².